The minimum atomic E-state index is -0.919. The number of nitrogens with zero attached hydrogens (tertiary/aromatic N) is 3. The molecule has 172 valence electrons. The van der Waals surface area contributed by atoms with E-state index in [0.717, 1.165) is 36.1 Å². The van der Waals surface area contributed by atoms with Crippen molar-refractivity contribution in [1.82, 2.24) is 4.90 Å². The number of amides is 3. The van der Waals surface area contributed by atoms with Crippen molar-refractivity contribution in [3.05, 3.63) is 69.8 Å². The predicted molar refractivity (Wildman–Crippen MR) is 123 cm³/mol. The van der Waals surface area contributed by atoms with E-state index in [-0.39, 0.29) is 29.6 Å². The zero-order valence-corrected chi connectivity index (χ0v) is 18.8. The maximum absolute atomic E-state index is 13.5. The van der Waals surface area contributed by atoms with Crippen molar-refractivity contribution in [2.75, 3.05) is 4.90 Å². The number of imide groups is 1. The van der Waals surface area contributed by atoms with E-state index in [9.17, 15) is 24.5 Å². The van der Waals surface area contributed by atoms with Gasteiger partial charge in [0.15, 0.2) is 0 Å². The van der Waals surface area contributed by atoms with E-state index >= 15 is 0 Å². The van der Waals surface area contributed by atoms with Crippen LogP contribution >= 0.6 is 0 Å². The van der Waals surface area contributed by atoms with Crippen LogP contribution in [0.2, 0.25) is 0 Å². The van der Waals surface area contributed by atoms with Gasteiger partial charge in [-0.25, -0.2) is 4.90 Å². The van der Waals surface area contributed by atoms with Gasteiger partial charge in [-0.3, -0.25) is 24.5 Å². The van der Waals surface area contributed by atoms with Crippen LogP contribution in [-0.4, -0.2) is 39.6 Å². The highest BCUT2D eigenvalue weighted by Gasteiger charge is 2.47. The molecule has 1 aliphatic heterocycles. The van der Waals surface area contributed by atoms with Gasteiger partial charge in [0.1, 0.15) is 6.04 Å². The first-order valence-electron chi connectivity index (χ1n) is 11.3. The van der Waals surface area contributed by atoms with Crippen LogP contribution < -0.4 is 4.90 Å². The van der Waals surface area contributed by atoms with Crippen LogP contribution in [0.4, 0.5) is 11.4 Å². The summed E-state index contributed by atoms with van der Waals surface area (Å²) in [5.74, 6) is -0.906. The van der Waals surface area contributed by atoms with Crippen LogP contribution in [0.25, 0.3) is 0 Å². The molecule has 1 aliphatic carbocycles. The minimum Gasteiger partial charge on any atom is -0.323 e. The number of anilines is 1. The van der Waals surface area contributed by atoms with Gasteiger partial charge in [0.05, 0.1) is 17.0 Å². The summed E-state index contributed by atoms with van der Waals surface area (Å²) in [6, 6.07) is 11.7. The number of hydrogen-bond acceptors (Lipinski definition) is 5. The number of hydrogen-bond donors (Lipinski definition) is 0. The molecule has 0 radical (unpaired) electrons. The fourth-order valence-electron chi connectivity index (χ4n) is 4.76. The quantitative estimate of drug-likeness (QED) is 0.369. The van der Waals surface area contributed by atoms with E-state index in [1.807, 2.05) is 12.1 Å². The summed E-state index contributed by atoms with van der Waals surface area (Å²) in [4.78, 5) is 53.2. The van der Waals surface area contributed by atoms with E-state index in [2.05, 4.69) is 13.8 Å². The lowest BCUT2D eigenvalue weighted by atomic mass is 10.0. The van der Waals surface area contributed by atoms with Gasteiger partial charge in [0.25, 0.3) is 17.5 Å². The Morgan fingerprint density at radius 3 is 2.36 bits per heavy atom. The van der Waals surface area contributed by atoms with Crippen molar-refractivity contribution in [2.24, 2.45) is 0 Å². The van der Waals surface area contributed by atoms with Crippen molar-refractivity contribution < 1.29 is 19.3 Å². The molecule has 1 atom stereocenters. The summed E-state index contributed by atoms with van der Waals surface area (Å²) in [7, 11) is 0. The van der Waals surface area contributed by atoms with Gasteiger partial charge in [0.2, 0.25) is 5.91 Å². The molecule has 2 aliphatic rings. The monoisotopic (exact) mass is 449 g/mol. The van der Waals surface area contributed by atoms with Crippen molar-refractivity contribution in [3.63, 3.8) is 0 Å². The molecule has 0 aromatic heterocycles. The van der Waals surface area contributed by atoms with Crippen LogP contribution in [0.3, 0.4) is 0 Å². The summed E-state index contributed by atoms with van der Waals surface area (Å²) < 4.78 is 0. The van der Waals surface area contributed by atoms with Gasteiger partial charge >= 0.3 is 0 Å². The van der Waals surface area contributed by atoms with Crippen molar-refractivity contribution in [1.29, 1.82) is 0 Å². The lowest BCUT2D eigenvalue weighted by Gasteiger charge is -2.33. The zero-order chi connectivity index (χ0) is 23.7. The summed E-state index contributed by atoms with van der Waals surface area (Å²) >= 11 is 0. The molecule has 3 amide bonds. The molecular formula is C25H27N3O5. The van der Waals surface area contributed by atoms with E-state index in [1.165, 1.54) is 29.2 Å². The first kappa shape index (κ1) is 22.6. The summed E-state index contributed by atoms with van der Waals surface area (Å²) in [6.45, 7) is 4.13. The molecule has 0 bridgehead atoms. The molecular weight excluding hydrogens is 422 g/mol. The number of nitro benzene ring substituents is 1. The van der Waals surface area contributed by atoms with E-state index in [1.54, 1.807) is 12.1 Å². The Bertz CT molecular complexity index is 1090. The predicted octanol–water partition coefficient (Wildman–Crippen LogP) is 4.44. The molecule has 2 aromatic rings. The molecule has 1 saturated carbocycles. The highest BCUT2D eigenvalue weighted by Crippen LogP contribution is 2.33. The molecule has 2 aromatic carbocycles. The third-order valence-corrected chi connectivity index (χ3v) is 6.53. The van der Waals surface area contributed by atoms with E-state index < -0.39 is 22.8 Å². The SMILES string of the molecule is CC(C)c1ccc(N2C(=O)CC(N(C(=O)c3cccc([N+](=O)[O-])c3)C3CCCC3)C2=O)cc1. The number of nitro groups is 1. The molecule has 4 rings (SSSR count). The average Bonchev–Trinajstić information content (AvgIpc) is 3.42. The third kappa shape index (κ3) is 4.37. The maximum atomic E-state index is 13.5. The second-order valence-corrected chi connectivity index (χ2v) is 8.99. The fraction of sp³-hybridized carbons (Fsp3) is 0.400. The maximum Gasteiger partial charge on any atom is 0.270 e. The van der Waals surface area contributed by atoms with Crippen molar-refractivity contribution >= 4 is 29.1 Å². The fourth-order valence-corrected chi connectivity index (χ4v) is 4.76. The highest BCUT2D eigenvalue weighted by molar-refractivity contribution is 6.23. The Morgan fingerprint density at radius 2 is 1.76 bits per heavy atom. The van der Waals surface area contributed by atoms with Crippen LogP contribution in [0.15, 0.2) is 48.5 Å². The van der Waals surface area contributed by atoms with Gasteiger partial charge in [-0.05, 0) is 42.5 Å². The number of benzene rings is 2. The van der Waals surface area contributed by atoms with E-state index in [0.29, 0.717) is 11.6 Å². The molecule has 1 saturated heterocycles. The van der Waals surface area contributed by atoms with Gasteiger partial charge in [-0.1, -0.05) is 44.9 Å². The standard InChI is InChI=1S/C25H27N3O5/c1-16(2)17-10-12-20(13-11-17)27-23(29)15-22(25(27)31)26(19-7-3-4-8-19)24(30)18-6-5-9-21(14-18)28(32)33/h5-6,9-14,16,19,22H,3-4,7-8,15H2,1-2H3. The molecule has 8 nitrogen and oxygen atoms in total. The normalized spacial score (nSPS) is 18.9. The Kier molecular flexibility index (Phi) is 6.26. The minimum absolute atomic E-state index is 0.0953. The molecule has 1 unspecified atom stereocenters. The Hall–Kier alpha value is -3.55. The first-order valence-corrected chi connectivity index (χ1v) is 11.3. The zero-order valence-electron chi connectivity index (χ0n) is 18.8. The van der Waals surface area contributed by atoms with Crippen LogP contribution in [0.1, 0.15) is 67.8 Å². The molecule has 0 spiro atoms. The topological polar surface area (TPSA) is 101 Å². The summed E-state index contributed by atoms with van der Waals surface area (Å²) in [5.41, 5.74) is 1.55. The lowest BCUT2D eigenvalue weighted by molar-refractivity contribution is -0.384. The Balaban J connectivity index is 1.66. The van der Waals surface area contributed by atoms with Crippen molar-refractivity contribution in [2.45, 2.75) is 64.0 Å². The first-order chi connectivity index (χ1) is 15.8. The number of rotatable bonds is 6. The van der Waals surface area contributed by atoms with Gasteiger partial charge in [-0.2, -0.15) is 0 Å². The molecule has 2 fully saturated rings. The van der Waals surface area contributed by atoms with Crippen molar-refractivity contribution in [3.8, 4) is 0 Å². The Morgan fingerprint density at radius 1 is 1.09 bits per heavy atom. The lowest BCUT2D eigenvalue weighted by Crippen LogP contribution is -2.50. The smallest absolute Gasteiger partial charge is 0.270 e. The van der Waals surface area contributed by atoms with Gasteiger partial charge in [0, 0.05) is 23.7 Å². The van der Waals surface area contributed by atoms with Gasteiger partial charge < -0.3 is 4.90 Å². The average molecular weight is 450 g/mol. The highest BCUT2D eigenvalue weighted by atomic mass is 16.6. The van der Waals surface area contributed by atoms with E-state index in [4.69, 9.17) is 0 Å². The van der Waals surface area contributed by atoms with Crippen LogP contribution in [0, 0.1) is 10.1 Å². The molecule has 1 heterocycles. The van der Waals surface area contributed by atoms with Gasteiger partial charge in [-0.15, -0.1) is 0 Å². The van der Waals surface area contributed by atoms with Crippen LogP contribution in [-0.2, 0) is 9.59 Å². The molecule has 0 N–H and O–H groups in total. The molecule has 8 heteroatoms. The summed E-state index contributed by atoms with van der Waals surface area (Å²) in [5, 5.41) is 11.2. The second kappa shape index (κ2) is 9.13. The number of non-ortho nitro benzene ring substituents is 1. The molecule has 33 heavy (non-hydrogen) atoms. The third-order valence-electron chi connectivity index (χ3n) is 6.53. The summed E-state index contributed by atoms with van der Waals surface area (Å²) in [6.07, 6.45) is 3.24. The van der Waals surface area contributed by atoms with Crippen LogP contribution in [0.5, 0.6) is 0 Å². The largest absolute Gasteiger partial charge is 0.323 e. The number of carbonyl (C=O) groups excluding carboxylic acids is 3. The second-order valence-electron chi connectivity index (χ2n) is 8.99. The Labute approximate surface area is 192 Å². The number of carbonyl (C=O) groups is 3.